The van der Waals surface area contributed by atoms with Gasteiger partial charge in [0.15, 0.2) is 0 Å². The van der Waals surface area contributed by atoms with Crippen LogP contribution in [0.5, 0.6) is 5.75 Å². The molecule has 0 spiro atoms. The summed E-state index contributed by atoms with van der Waals surface area (Å²) in [4.78, 5) is 0. The average molecular weight is 511 g/mol. The fraction of sp³-hybridized carbons (Fsp3) is 0.0270. The van der Waals surface area contributed by atoms with Crippen molar-refractivity contribution in [3.8, 4) is 16.9 Å². The topological polar surface area (TPSA) is 18.1 Å². The number of benzene rings is 6. The first-order valence-electron chi connectivity index (χ1n) is 13.8. The van der Waals surface area contributed by atoms with Crippen molar-refractivity contribution < 1.29 is 4.74 Å². The molecule has 0 aliphatic heterocycles. The quantitative estimate of drug-likeness (QED) is 0.226. The van der Waals surface area contributed by atoms with Crippen LogP contribution in [0, 0.1) is 0 Å². The molecule has 40 heavy (non-hydrogen) atoms. The Bertz CT molecular complexity index is 2640. The number of hydrogen-bond acceptors (Lipinski definition) is 1. The van der Waals surface area contributed by atoms with Gasteiger partial charge in [-0.1, -0.05) is 84.9 Å². The second-order valence-corrected chi connectivity index (χ2v) is 10.8. The Balaban J connectivity index is 1.53. The molecule has 10 aromatic rings. The van der Waals surface area contributed by atoms with Crippen molar-refractivity contribution in [2.24, 2.45) is 0 Å². The predicted octanol–water partition coefficient (Wildman–Crippen LogP) is 9.66. The van der Waals surface area contributed by atoms with Crippen LogP contribution < -0.4 is 4.74 Å². The lowest BCUT2D eigenvalue weighted by atomic mass is 9.95. The molecule has 10 rings (SSSR count). The molecule has 0 amide bonds. The van der Waals surface area contributed by atoms with E-state index in [9.17, 15) is 0 Å². The van der Waals surface area contributed by atoms with E-state index in [2.05, 4.69) is 118 Å². The van der Waals surface area contributed by atoms with Crippen LogP contribution in [0.2, 0.25) is 0 Å². The summed E-state index contributed by atoms with van der Waals surface area (Å²) in [6.07, 6.45) is 0. The number of rotatable bonds is 2. The summed E-state index contributed by atoms with van der Waals surface area (Å²) in [5.41, 5.74) is 9.95. The van der Waals surface area contributed by atoms with Gasteiger partial charge >= 0.3 is 0 Å². The SMILES string of the molecule is COc1ccccc1-c1ccc2c3c4c5ccccc5n5c6ccccc6c(cc3n3c6ccccc6c1c23)c45. The molecule has 0 aliphatic carbocycles. The highest BCUT2D eigenvalue weighted by molar-refractivity contribution is 6.38. The van der Waals surface area contributed by atoms with Gasteiger partial charge in [-0.15, -0.1) is 0 Å². The van der Waals surface area contributed by atoms with E-state index in [4.69, 9.17) is 4.74 Å². The van der Waals surface area contributed by atoms with Crippen LogP contribution in [-0.4, -0.2) is 15.9 Å². The second kappa shape index (κ2) is 7.02. The highest BCUT2D eigenvalue weighted by atomic mass is 16.5. The highest BCUT2D eigenvalue weighted by Gasteiger charge is 2.26. The van der Waals surface area contributed by atoms with Crippen molar-refractivity contribution >= 4 is 76.2 Å². The Morgan fingerprint density at radius 3 is 1.75 bits per heavy atom. The van der Waals surface area contributed by atoms with Gasteiger partial charge in [-0.2, -0.15) is 0 Å². The first-order chi connectivity index (χ1) is 19.8. The lowest BCUT2D eigenvalue weighted by molar-refractivity contribution is 0.416. The minimum atomic E-state index is 0.893. The molecule has 0 saturated heterocycles. The summed E-state index contributed by atoms with van der Waals surface area (Å²) >= 11 is 0. The van der Waals surface area contributed by atoms with E-state index >= 15 is 0 Å². The standard InChI is InChI=1S/C37H22N2O/c1-40-32-17-9-5-11-22(32)23-18-19-26-34-31(39-29-15-7-3-12-24(29)33(23)36(26)39)20-27-21-10-2-6-14-28(21)38-30-16-8-4-13-25(30)35(34)37(27)38/h2-20H,1H3. The number of fused-ring (bicyclic) bond motifs is 13. The van der Waals surface area contributed by atoms with E-state index in [1.165, 1.54) is 81.8 Å². The van der Waals surface area contributed by atoms with E-state index in [0.717, 1.165) is 11.3 Å². The molecular weight excluding hydrogens is 488 g/mol. The number of nitrogens with zero attached hydrogens (tertiary/aromatic N) is 2. The third-order valence-electron chi connectivity index (χ3n) is 9.08. The van der Waals surface area contributed by atoms with Gasteiger partial charge in [0.25, 0.3) is 0 Å². The van der Waals surface area contributed by atoms with Crippen LogP contribution in [0.3, 0.4) is 0 Å². The van der Waals surface area contributed by atoms with Gasteiger partial charge < -0.3 is 13.5 Å². The molecule has 0 aliphatic rings. The Morgan fingerprint density at radius 1 is 0.425 bits per heavy atom. The zero-order chi connectivity index (χ0) is 26.1. The van der Waals surface area contributed by atoms with Crippen molar-refractivity contribution in [3.63, 3.8) is 0 Å². The molecule has 186 valence electrons. The molecule has 0 bridgehead atoms. The molecule has 0 unspecified atom stereocenters. The van der Waals surface area contributed by atoms with Crippen LogP contribution in [0.15, 0.2) is 115 Å². The van der Waals surface area contributed by atoms with Gasteiger partial charge in [0.05, 0.1) is 40.2 Å². The Morgan fingerprint density at radius 2 is 1.00 bits per heavy atom. The van der Waals surface area contributed by atoms with E-state index in [1.807, 2.05) is 6.07 Å². The molecule has 6 aromatic carbocycles. The number of aromatic nitrogens is 2. The summed E-state index contributed by atoms with van der Waals surface area (Å²) < 4.78 is 10.8. The van der Waals surface area contributed by atoms with Crippen LogP contribution >= 0.6 is 0 Å². The van der Waals surface area contributed by atoms with Crippen molar-refractivity contribution in [3.05, 3.63) is 115 Å². The lowest BCUT2D eigenvalue weighted by Gasteiger charge is -2.10. The van der Waals surface area contributed by atoms with E-state index in [0.29, 0.717) is 0 Å². The summed E-state index contributed by atoms with van der Waals surface area (Å²) in [5.74, 6) is 0.893. The summed E-state index contributed by atoms with van der Waals surface area (Å²) in [6.45, 7) is 0. The first-order valence-corrected chi connectivity index (χ1v) is 13.8. The highest BCUT2D eigenvalue weighted by Crippen LogP contribution is 2.50. The second-order valence-electron chi connectivity index (χ2n) is 10.8. The number of hydrogen-bond donors (Lipinski definition) is 0. The normalized spacial score (nSPS) is 12.6. The molecule has 0 saturated carbocycles. The predicted molar refractivity (Wildman–Crippen MR) is 168 cm³/mol. The lowest BCUT2D eigenvalue weighted by Crippen LogP contribution is -1.88. The maximum Gasteiger partial charge on any atom is 0.126 e. The number of para-hydroxylation sites is 4. The molecule has 3 heteroatoms. The summed E-state index contributed by atoms with van der Waals surface area (Å²) in [5, 5.41) is 10.4. The van der Waals surface area contributed by atoms with E-state index in [1.54, 1.807) is 7.11 Å². The number of ether oxygens (including phenoxy) is 1. The van der Waals surface area contributed by atoms with Gasteiger partial charge in [0, 0.05) is 48.7 Å². The Hall–Kier alpha value is -5.28. The third kappa shape index (κ3) is 2.22. The molecule has 4 aromatic heterocycles. The Labute approximate surface area is 228 Å². The van der Waals surface area contributed by atoms with Crippen molar-refractivity contribution in [1.29, 1.82) is 0 Å². The van der Waals surface area contributed by atoms with Crippen LogP contribution in [-0.2, 0) is 0 Å². The van der Waals surface area contributed by atoms with Gasteiger partial charge in [-0.25, -0.2) is 0 Å². The first kappa shape index (κ1) is 20.7. The molecule has 0 N–H and O–H groups in total. The average Bonchev–Trinajstić information content (AvgIpc) is 3.73. The van der Waals surface area contributed by atoms with Crippen LogP contribution in [0.25, 0.3) is 87.3 Å². The molecule has 0 radical (unpaired) electrons. The van der Waals surface area contributed by atoms with Crippen molar-refractivity contribution in [2.45, 2.75) is 0 Å². The Kier molecular flexibility index (Phi) is 3.62. The number of methoxy groups -OCH3 is 1. The minimum Gasteiger partial charge on any atom is -0.496 e. The van der Waals surface area contributed by atoms with Gasteiger partial charge in [-0.3, -0.25) is 0 Å². The maximum absolute atomic E-state index is 5.83. The summed E-state index contributed by atoms with van der Waals surface area (Å²) in [7, 11) is 1.76. The monoisotopic (exact) mass is 510 g/mol. The summed E-state index contributed by atoms with van der Waals surface area (Å²) in [6, 6.07) is 42.0. The van der Waals surface area contributed by atoms with E-state index in [-0.39, 0.29) is 0 Å². The molecule has 3 nitrogen and oxygen atoms in total. The molecular formula is C37H22N2O. The minimum absolute atomic E-state index is 0.893. The van der Waals surface area contributed by atoms with Gasteiger partial charge in [-0.05, 0) is 35.9 Å². The van der Waals surface area contributed by atoms with Crippen molar-refractivity contribution in [1.82, 2.24) is 8.80 Å². The zero-order valence-corrected chi connectivity index (χ0v) is 21.8. The van der Waals surface area contributed by atoms with Gasteiger partial charge in [0.1, 0.15) is 5.75 Å². The maximum atomic E-state index is 5.83. The van der Waals surface area contributed by atoms with Crippen molar-refractivity contribution in [2.75, 3.05) is 7.11 Å². The third-order valence-corrected chi connectivity index (χ3v) is 9.08. The van der Waals surface area contributed by atoms with Crippen LogP contribution in [0.4, 0.5) is 0 Å². The fourth-order valence-corrected chi connectivity index (χ4v) is 7.59. The zero-order valence-electron chi connectivity index (χ0n) is 21.8. The van der Waals surface area contributed by atoms with Crippen LogP contribution in [0.1, 0.15) is 0 Å². The smallest absolute Gasteiger partial charge is 0.126 e. The molecule has 4 heterocycles. The van der Waals surface area contributed by atoms with E-state index < -0.39 is 0 Å². The fourth-order valence-electron chi connectivity index (χ4n) is 7.59. The largest absolute Gasteiger partial charge is 0.496 e. The van der Waals surface area contributed by atoms with Gasteiger partial charge in [0.2, 0.25) is 0 Å². The molecule has 0 atom stereocenters. The molecule has 0 fully saturated rings.